The largest absolute Gasteiger partial charge is 0.417 e. The van der Waals surface area contributed by atoms with Gasteiger partial charge >= 0.3 is 6.18 Å². The first-order valence-corrected chi connectivity index (χ1v) is 13.3. The van der Waals surface area contributed by atoms with Crippen molar-refractivity contribution in [1.29, 1.82) is 0 Å². The molecule has 4 rings (SSSR count). The highest BCUT2D eigenvalue weighted by molar-refractivity contribution is 5.92. The summed E-state index contributed by atoms with van der Waals surface area (Å²) in [4.78, 5) is 34.1. The van der Waals surface area contributed by atoms with E-state index in [2.05, 4.69) is 36.2 Å². The van der Waals surface area contributed by atoms with Crippen molar-refractivity contribution < 1.29 is 22.7 Å². The van der Waals surface area contributed by atoms with Crippen molar-refractivity contribution in [2.45, 2.75) is 85.3 Å². The third kappa shape index (κ3) is 7.54. The number of nitrogens with zero attached hydrogens (tertiary/aromatic N) is 4. The first-order chi connectivity index (χ1) is 18.4. The monoisotopic (exact) mass is 549 g/mol. The zero-order chi connectivity index (χ0) is 28.9. The SMILES string of the molecule is CC(=O)c1cc(=O)n2c(n1)C=C(C)C(N1CCc3ncc(C(F)(F)F)cc3C1)N2.CCC(C)CC(CC)OC. The number of aromatic nitrogens is 3. The van der Waals surface area contributed by atoms with Crippen molar-refractivity contribution in [2.75, 3.05) is 19.1 Å². The number of rotatable bonds is 7. The smallest absolute Gasteiger partial charge is 0.381 e. The molecule has 3 atom stereocenters. The number of fused-ring (bicyclic) bond motifs is 2. The maximum absolute atomic E-state index is 13.0. The molecule has 0 amide bonds. The molecule has 0 saturated carbocycles. The van der Waals surface area contributed by atoms with Gasteiger partial charge < -0.3 is 4.74 Å². The van der Waals surface area contributed by atoms with E-state index < -0.39 is 23.5 Å². The minimum atomic E-state index is -4.45. The van der Waals surface area contributed by atoms with E-state index in [0.29, 0.717) is 36.2 Å². The van der Waals surface area contributed by atoms with Gasteiger partial charge in [-0.05, 0) is 49.0 Å². The maximum atomic E-state index is 13.0. The van der Waals surface area contributed by atoms with E-state index in [1.807, 2.05) is 11.8 Å². The summed E-state index contributed by atoms with van der Waals surface area (Å²) < 4.78 is 45.6. The molecule has 0 aliphatic carbocycles. The molecule has 0 bridgehead atoms. The zero-order valence-electron chi connectivity index (χ0n) is 23.4. The van der Waals surface area contributed by atoms with Crippen LogP contribution in [0.3, 0.4) is 0 Å². The van der Waals surface area contributed by atoms with Gasteiger partial charge in [-0.3, -0.25) is 24.9 Å². The number of ketones is 1. The Morgan fingerprint density at radius 2 is 1.97 bits per heavy atom. The van der Waals surface area contributed by atoms with Crippen LogP contribution in [0.25, 0.3) is 6.08 Å². The van der Waals surface area contributed by atoms with Gasteiger partial charge in [-0.15, -0.1) is 0 Å². The molecule has 0 saturated heterocycles. The molecule has 0 radical (unpaired) electrons. The summed E-state index contributed by atoms with van der Waals surface area (Å²) in [6, 6.07) is 2.30. The number of methoxy groups -OCH3 is 1. The summed E-state index contributed by atoms with van der Waals surface area (Å²) in [7, 11) is 1.80. The summed E-state index contributed by atoms with van der Waals surface area (Å²) in [5.74, 6) is 0.819. The van der Waals surface area contributed by atoms with Crippen LogP contribution >= 0.6 is 0 Å². The quantitative estimate of drug-likeness (QED) is 0.484. The van der Waals surface area contributed by atoms with Crippen LogP contribution in [0.2, 0.25) is 0 Å². The van der Waals surface area contributed by atoms with Crippen LogP contribution in [0.1, 0.15) is 87.0 Å². The number of alkyl halides is 3. The Hall–Kier alpha value is -3.05. The van der Waals surface area contributed by atoms with E-state index in [0.717, 1.165) is 36.2 Å². The molecular weight excluding hydrogens is 511 g/mol. The Morgan fingerprint density at radius 3 is 2.56 bits per heavy atom. The van der Waals surface area contributed by atoms with E-state index in [1.54, 1.807) is 13.2 Å². The van der Waals surface area contributed by atoms with E-state index in [4.69, 9.17) is 4.74 Å². The summed E-state index contributed by atoms with van der Waals surface area (Å²) in [5.41, 5.74) is 3.96. The Labute approximate surface area is 227 Å². The van der Waals surface area contributed by atoms with Crippen LogP contribution in [0.15, 0.2) is 28.7 Å². The average Bonchev–Trinajstić information content (AvgIpc) is 2.90. The molecule has 2 aliphatic rings. The third-order valence-corrected chi connectivity index (χ3v) is 7.26. The fourth-order valence-corrected chi connectivity index (χ4v) is 4.65. The molecule has 39 heavy (non-hydrogen) atoms. The lowest BCUT2D eigenvalue weighted by atomic mass is 10.00. The molecule has 11 heteroatoms. The molecule has 0 spiro atoms. The highest BCUT2D eigenvalue weighted by atomic mass is 19.4. The predicted molar refractivity (Wildman–Crippen MR) is 144 cm³/mol. The molecule has 0 aromatic carbocycles. The first kappa shape index (κ1) is 30.5. The molecule has 214 valence electrons. The minimum absolute atomic E-state index is 0.0863. The van der Waals surface area contributed by atoms with Gasteiger partial charge in [0.05, 0.1) is 11.7 Å². The van der Waals surface area contributed by atoms with Gasteiger partial charge in [-0.2, -0.15) is 13.2 Å². The van der Waals surface area contributed by atoms with Crippen molar-refractivity contribution in [1.82, 2.24) is 19.5 Å². The molecular formula is C28H38F3N5O3. The lowest BCUT2D eigenvalue weighted by molar-refractivity contribution is -0.137. The van der Waals surface area contributed by atoms with E-state index in [9.17, 15) is 22.8 Å². The fourth-order valence-electron chi connectivity index (χ4n) is 4.65. The zero-order valence-corrected chi connectivity index (χ0v) is 23.4. The van der Waals surface area contributed by atoms with E-state index in [1.165, 1.54) is 24.4 Å². The van der Waals surface area contributed by atoms with Crippen LogP contribution in [-0.4, -0.2) is 51.3 Å². The van der Waals surface area contributed by atoms with Crippen LogP contribution in [0, 0.1) is 5.92 Å². The van der Waals surface area contributed by atoms with Gasteiger partial charge in [0.2, 0.25) is 0 Å². The van der Waals surface area contributed by atoms with Crippen LogP contribution in [-0.2, 0) is 23.9 Å². The third-order valence-electron chi connectivity index (χ3n) is 7.26. The number of carbonyl (C=O) groups is 1. The van der Waals surface area contributed by atoms with Gasteiger partial charge in [-0.1, -0.05) is 27.2 Å². The number of hydrogen-bond acceptors (Lipinski definition) is 7. The highest BCUT2D eigenvalue weighted by Gasteiger charge is 2.34. The summed E-state index contributed by atoms with van der Waals surface area (Å²) in [6.45, 7) is 10.7. The molecule has 4 heterocycles. The van der Waals surface area contributed by atoms with Crippen LogP contribution in [0.4, 0.5) is 13.2 Å². The minimum Gasteiger partial charge on any atom is -0.381 e. The number of ether oxygens (including phenoxy) is 1. The lowest BCUT2D eigenvalue weighted by Gasteiger charge is -2.38. The second-order valence-corrected chi connectivity index (χ2v) is 10.2. The normalized spacial score (nSPS) is 18.5. The van der Waals surface area contributed by atoms with Crippen molar-refractivity contribution in [3.05, 3.63) is 62.6 Å². The number of carbonyl (C=O) groups excluding carboxylic acids is 1. The van der Waals surface area contributed by atoms with Crippen LogP contribution in [0.5, 0.6) is 0 Å². The van der Waals surface area contributed by atoms with Crippen molar-refractivity contribution in [2.24, 2.45) is 5.92 Å². The molecule has 0 fully saturated rings. The van der Waals surface area contributed by atoms with Crippen molar-refractivity contribution in [3.8, 4) is 0 Å². The molecule has 3 unspecified atom stereocenters. The Kier molecular flexibility index (Phi) is 10.1. The molecule has 2 aliphatic heterocycles. The van der Waals surface area contributed by atoms with Gasteiger partial charge in [-0.25, -0.2) is 9.66 Å². The van der Waals surface area contributed by atoms with Crippen molar-refractivity contribution in [3.63, 3.8) is 0 Å². The fraction of sp³-hybridized carbons (Fsp3) is 0.571. The molecule has 2 aromatic rings. The van der Waals surface area contributed by atoms with Gasteiger partial charge in [0.25, 0.3) is 5.56 Å². The van der Waals surface area contributed by atoms with Gasteiger partial charge in [0.1, 0.15) is 11.9 Å². The number of Topliss-reactive ketones (excluding diaryl/α,β-unsaturated/α-hetero) is 1. The number of halogens is 3. The summed E-state index contributed by atoms with van der Waals surface area (Å²) in [6.07, 6.45) is 2.33. The highest BCUT2D eigenvalue weighted by Crippen LogP contribution is 2.32. The number of pyridine rings is 1. The Morgan fingerprint density at radius 1 is 1.26 bits per heavy atom. The molecule has 8 nitrogen and oxygen atoms in total. The van der Waals surface area contributed by atoms with E-state index in [-0.39, 0.29) is 18.0 Å². The predicted octanol–water partition coefficient (Wildman–Crippen LogP) is 5.05. The Bertz CT molecular complexity index is 1250. The standard InChI is InChI=1S/C19H18F3N5O2.C9H20O/c1-10-5-16-24-15(11(2)28)7-17(29)27(16)25-18(10)26-4-3-14-12(9-26)6-13(8-23-14)19(20,21)22;1-5-8(3)7-9(6-2)10-4/h5-8,18,25H,3-4,9H2,1-2H3;8-9H,5-7H2,1-4H3. The van der Waals surface area contributed by atoms with Gasteiger partial charge in [0.15, 0.2) is 11.6 Å². The number of hydrogen-bond donors (Lipinski definition) is 1. The summed E-state index contributed by atoms with van der Waals surface area (Å²) in [5, 5.41) is 0. The second-order valence-electron chi connectivity index (χ2n) is 10.2. The summed E-state index contributed by atoms with van der Waals surface area (Å²) >= 11 is 0. The topological polar surface area (TPSA) is 89.4 Å². The average molecular weight is 550 g/mol. The van der Waals surface area contributed by atoms with Gasteiger partial charge in [0, 0.05) is 51.5 Å². The van der Waals surface area contributed by atoms with Crippen LogP contribution < -0.4 is 11.0 Å². The molecule has 2 aromatic heterocycles. The van der Waals surface area contributed by atoms with E-state index >= 15 is 0 Å². The lowest BCUT2D eigenvalue weighted by Crippen LogP contribution is -2.51. The van der Waals surface area contributed by atoms with Crippen molar-refractivity contribution >= 4 is 11.9 Å². The number of nitrogens with one attached hydrogen (secondary N) is 1. The Balaban J connectivity index is 0.000000360. The second kappa shape index (κ2) is 12.9. The maximum Gasteiger partial charge on any atom is 0.417 e. The molecule has 1 N–H and O–H groups in total. The first-order valence-electron chi connectivity index (χ1n) is 13.3.